The molecule has 0 saturated carbocycles. The van der Waals surface area contributed by atoms with E-state index in [1.165, 1.54) is 0 Å². The molecule has 0 radical (unpaired) electrons. The summed E-state index contributed by atoms with van der Waals surface area (Å²) < 4.78 is 5.64. The van der Waals surface area contributed by atoms with Crippen LogP contribution >= 0.6 is 0 Å². The molecule has 1 aliphatic rings. The maximum Gasteiger partial charge on any atom is 0.306 e. The van der Waals surface area contributed by atoms with E-state index in [1.807, 2.05) is 0 Å². The zero-order valence-electron chi connectivity index (χ0n) is 8.71. The van der Waals surface area contributed by atoms with Crippen molar-refractivity contribution in [2.45, 2.75) is 38.2 Å². The normalized spacial score (nSPS) is 18.9. The van der Waals surface area contributed by atoms with Crippen LogP contribution in [0.1, 0.15) is 32.6 Å². The van der Waals surface area contributed by atoms with Crippen LogP contribution in [0.5, 0.6) is 0 Å². The fourth-order valence-corrected chi connectivity index (χ4v) is 1.60. The Morgan fingerprint density at radius 3 is 2.64 bits per heavy atom. The molecule has 1 heterocycles. The van der Waals surface area contributed by atoms with Crippen molar-refractivity contribution in [1.29, 1.82) is 0 Å². The fourth-order valence-electron chi connectivity index (χ4n) is 1.60. The highest BCUT2D eigenvalue weighted by Crippen LogP contribution is 2.21. The molecule has 82 valence electrons. The van der Waals surface area contributed by atoms with Gasteiger partial charge in [0, 0.05) is 19.7 Å². The number of rotatable bonds is 7. The molecule has 0 unspecified atom stereocenters. The molecule has 0 aliphatic carbocycles. The summed E-state index contributed by atoms with van der Waals surface area (Å²) in [5, 5.41) is 11.8. The van der Waals surface area contributed by atoms with Crippen LogP contribution in [0.15, 0.2) is 0 Å². The third-order valence-electron chi connectivity index (χ3n) is 2.52. The third kappa shape index (κ3) is 3.27. The third-order valence-corrected chi connectivity index (χ3v) is 2.52. The van der Waals surface area contributed by atoms with Gasteiger partial charge in [0.2, 0.25) is 0 Å². The van der Waals surface area contributed by atoms with Crippen molar-refractivity contribution in [3.63, 3.8) is 0 Å². The second-order valence-electron chi connectivity index (χ2n) is 3.91. The van der Waals surface area contributed by atoms with Gasteiger partial charge in [0.25, 0.3) is 0 Å². The quantitative estimate of drug-likeness (QED) is 0.603. The van der Waals surface area contributed by atoms with Gasteiger partial charge in [0.1, 0.15) is 5.60 Å². The van der Waals surface area contributed by atoms with Crippen LogP contribution in [0, 0.1) is 0 Å². The average molecular weight is 201 g/mol. The molecule has 0 atom stereocenters. The number of carboxylic acid groups (broad SMARTS) is 1. The van der Waals surface area contributed by atoms with E-state index < -0.39 is 11.6 Å². The molecule has 1 aliphatic heterocycles. The zero-order chi connectivity index (χ0) is 10.4. The van der Waals surface area contributed by atoms with Crippen LogP contribution in [-0.2, 0) is 9.53 Å². The topological polar surface area (TPSA) is 58.6 Å². The number of nitrogens with one attached hydrogen (secondary N) is 1. The Morgan fingerprint density at radius 2 is 2.21 bits per heavy atom. The van der Waals surface area contributed by atoms with Crippen molar-refractivity contribution in [3.8, 4) is 0 Å². The van der Waals surface area contributed by atoms with Crippen LogP contribution in [0.25, 0.3) is 0 Å². The summed E-state index contributed by atoms with van der Waals surface area (Å²) in [5.74, 6) is -0.776. The van der Waals surface area contributed by atoms with Crippen molar-refractivity contribution in [1.82, 2.24) is 5.32 Å². The lowest BCUT2D eigenvalue weighted by Crippen LogP contribution is -2.62. The van der Waals surface area contributed by atoms with Crippen LogP contribution in [0.4, 0.5) is 0 Å². The van der Waals surface area contributed by atoms with Crippen molar-refractivity contribution in [2.75, 3.05) is 19.7 Å². The Bertz CT molecular complexity index is 190. The van der Waals surface area contributed by atoms with Crippen LogP contribution < -0.4 is 5.32 Å². The van der Waals surface area contributed by atoms with Crippen molar-refractivity contribution in [2.24, 2.45) is 0 Å². The van der Waals surface area contributed by atoms with Crippen LogP contribution in [-0.4, -0.2) is 36.4 Å². The van der Waals surface area contributed by atoms with Gasteiger partial charge in [0.15, 0.2) is 0 Å². The number of aliphatic carboxylic acids is 1. The van der Waals surface area contributed by atoms with E-state index in [2.05, 4.69) is 12.2 Å². The van der Waals surface area contributed by atoms with Crippen LogP contribution in [0.2, 0.25) is 0 Å². The van der Waals surface area contributed by atoms with Gasteiger partial charge in [-0.25, -0.2) is 0 Å². The lowest BCUT2D eigenvalue weighted by atomic mass is 9.93. The SMILES string of the molecule is CCCCCOC1(CC(=O)O)CNC1. The lowest BCUT2D eigenvalue weighted by Gasteiger charge is -2.41. The number of hydrogen-bond acceptors (Lipinski definition) is 3. The first kappa shape index (κ1) is 11.5. The fraction of sp³-hybridized carbons (Fsp3) is 0.900. The summed E-state index contributed by atoms with van der Waals surface area (Å²) in [7, 11) is 0. The molecular formula is C10H19NO3. The Balaban J connectivity index is 2.20. The molecule has 0 aromatic rings. The zero-order valence-corrected chi connectivity index (χ0v) is 8.71. The maximum atomic E-state index is 10.6. The van der Waals surface area contributed by atoms with Gasteiger partial charge in [-0.05, 0) is 6.42 Å². The van der Waals surface area contributed by atoms with E-state index in [0.29, 0.717) is 19.7 Å². The molecule has 1 saturated heterocycles. The minimum Gasteiger partial charge on any atom is -0.481 e. The smallest absolute Gasteiger partial charge is 0.306 e. The largest absolute Gasteiger partial charge is 0.481 e. The first-order valence-corrected chi connectivity index (χ1v) is 5.25. The molecule has 4 heteroatoms. The summed E-state index contributed by atoms with van der Waals surface area (Å²) in [5.41, 5.74) is -0.417. The first-order chi connectivity index (χ1) is 6.68. The minimum absolute atomic E-state index is 0.117. The van der Waals surface area contributed by atoms with Crippen molar-refractivity contribution >= 4 is 5.97 Å². The number of carbonyl (C=O) groups is 1. The number of unbranched alkanes of at least 4 members (excludes halogenated alkanes) is 2. The lowest BCUT2D eigenvalue weighted by molar-refractivity contribution is -0.150. The average Bonchev–Trinajstić information content (AvgIpc) is 2.07. The van der Waals surface area contributed by atoms with Gasteiger partial charge in [0.05, 0.1) is 6.42 Å². The summed E-state index contributed by atoms with van der Waals surface area (Å²) in [6.45, 7) is 4.16. The predicted octanol–water partition coefficient (Wildman–Crippen LogP) is 1.01. The summed E-state index contributed by atoms with van der Waals surface area (Å²) in [6, 6.07) is 0. The van der Waals surface area contributed by atoms with Gasteiger partial charge in [-0.3, -0.25) is 4.79 Å². The molecular weight excluding hydrogens is 182 g/mol. The maximum absolute atomic E-state index is 10.6. The predicted molar refractivity (Wildman–Crippen MR) is 53.3 cm³/mol. The van der Waals surface area contributed by atoms with Crippen molar-refractivity contribution < 1.29 is 14.6 Å². The molecule has 0 amide bonds. The Kier molecular flexibility index (Phi) is 4.35. The summed E-state index contributed by atoms with van der Waals surface area (Å²) in [6.07, 6.45) is 3.45. The van der Waals surface area contributed by atoms with E-state index in [0.717, 1.165) is 19.3 Å². The molecule has 0 spiro atoms. The Hall–Kier alpha value is -0.610. The standard InChI is InChI=1S/C10H19NO3/c1-2-3-4-5-14-10(6-9(12)13)7-11-8-10/h11H,2-8H2,1H3,(H,12,13). The molecule has 2 N–H and O–H groups in total. The summed E-state index contributed by atoms with van der Waals surface area (Å²) in [4.78, 5) is 10.6. The van der Waals surface area contributed by atoms with E-state index >= 15 is 0 Å². The highest BCUT2D eigenvalue weighted by atomic mass is 16.5. The van der Waals surface area contributed by atoms with Crippen molar-refractivity contribution in [3.05, 3.63) is 0 Å². The Morgan fingerprint density at radius 1 is 1.50 bits per heavy atom. The number of ether oxygens (including phenoxy) is 1. The van der Waals surface area contributed by atoms with E-state index in [1.54, 1.807) is 0 Å². The second kappa shape index (κ2) is 5.32. The van der Waals surface area contributed by atoms with Gasteiger partial charge >= 0.3 is 5.97 Å². The van der Waals surface area contributed by atoms with E-state index in [4.69, 9.17) is 9.84 Å². The molecule has 1 fully saturated rings. The van der Waals surface area contributed by atoms with E-state index in [-0.39, 0.29) is 6.42 Å². The van der Waals surface area contributed by atoms with E-state index in [9.17, 15) is 4.79 Å². The second-order valence-corrected chi connectivity index (χ2v) is 3.91. The monoisotopic (exact) mass is 201 g/mol. The highest BCUT2D eigenvalue weighted by molar-refractivity contribution is 5.68. The van der Waals surface area contributed by atoms with Gasteiger partial charge in [-0.1, -0.05) is 19.8 Å². The molecule has 4 nitrogen and oxygen atoms in total. The molecule has 0 aromatic carbocycles. The molecule has 0 bridgehead atoms. The molecule has 14 heavy (non-hydrogen) atoms. The van der Waals surface area contributed by atoms with Gasteiger partial charge in [-0.2, -0.15) is 0 Å². The van der Waals surface area contributed by atoms with Crippen LogP contribution in [0.3, 0.4) is 0 Å². The van der Waals surface area contributed by atoms with Gasteiger partial charge in [-0.15, -0.1) is 0 Å². The Labute approximate surface area is 84.6 Å². The van der Waals surface area contributed by atoms with Gasteiger partial charge < -0.3 is 15.2 Å². The minimum atomic E-state index is -0.776. The molecule has 0 aromatic heterocycles. The number of carboxylic acids is 1. The molecule has 1 rings (SSSR count). The number of hydrogen-bond donors (Lipinski definition) is 2. The summed E-state index contributed by atoms with van der Waals surface area (Å²) >= 11 is 0. The highest BCUT2D eigenvalue weighted by Gasteiger charge is 2.39. The first-order valence-electron chi connectivity index (χ1n) is 5.25.